The molecule has 5 heteroatoms. The normalized spacial score (nSPS) is 11.9. The average Bonchev–Trinajstić information content (AvgIpc) is 2.63. The van der Waals surface area contributed by atoms with Crippen LogP contribution in [0.5, 0.6) is 0 Å². The first kappa shape index (κ1) is 20.6. The Morgan fingerprint density at radius 3 is 2.22 bits per heavy atom. The van der Waals surface area contributed by atoms with Crippen LogP contribution in [0.25, 0.3) is 0 Å². The molecule has 144 valence electrons. The Morgan fingerprint density at radius 1 is 1.04 bits per heavy atom. The van der Waals surface area contributed by atoms with Crippen molar-refractivity contribution in [2.75, 3.05) is 6.54 Å². The summed E-state index contributed by atoms with van der Waals surface area (Å²) < 4.78 is 13.2. The third-order valence-electron chi connectivity index (χ3n) is 4.37. The molecule has 0 aliphatic rings. The fourth-order valence-electron chi connectivity index (χ4n) is 2.86. The Kier molecular flexibility index (Phi) is 7.53. The summed E-state index contributed by atoms with van der Waals surface area (Å²) in [6.07, 6.45) is 0.866. The number of benzene rings is 2. The van der Waals surface area contributed by atoms with Gasteiger partial charge in [-0.3, -0.25) is 9.59 Å². The van der Waals surface area contributed by atoms with E-state index in [1.165, 1.54) is 24.0 Å². The lowest BCUT2D eigenvalue weighted by Crippen LogP contribution is -2.43. The summed E-state index contributed by atoms with van der Waals surface area (Å²) in [4.78, 5) is 26.9. The summed E-state index contributed by atoms with van der Waals surface area (Å²) in [6, 6.07) is 14.5. The summed E-state index contributed by atoms with van der Waals surface area (Å²) in [5.41, 5.74) is 1.51. The van der Waals surface area contributed by atoms with E-state index in [1.54, 1.807) is 12.1 Å². The highest BCUT2D eigenvalue weighted by Crippen LogP contribution is 2.24. The quantitative estimate of drug-likeness (QED) is 0.761. The number of carbonyl (C=O) groups is 2. The van der Waals surface area contributed by atoms with Gasteiger partial charge in [0.25, 0.3) is 0 Å². The van der Waals surface area contributed by atoms with Crippen LogP contribution in [0.1, 0.15) is 44.4 Å². The molecule has 0 unspecified atom stereocenters. The van der Waals surface area contributed by atoms with Crippen molar-refractivity contribution in [1.29, 1.82) is 0 Å². The molecule has 0 saturated carbocycles. The lowest BCUT2D eigenvalue weighted by Gasteiger charge is -2.30. The SMILES string of the molecule is CC(=O)N(Cc1ccc(F)cc1)[C@H](C(=O)NCCC(C)C)c1ccccc1. The molecule has 2 aromatic rings. The minimum atomic E-state index is -0.735. The van der Waals surface area contributed by atoms with E-state index in [0.717, 1.165) is 17.5 Å². The van der Waals surface area contributed by atoms with Gasteiger partial charge in [0.15, 0.2) is 0 Å². The lowest BCUT2D eigenvalue weighted by atomic mass is 10.0. The van der Waals surface area contributed by atoms with Gasteiger partial charge in [-0.15, -0.1) is 0 Å². The van der Waals surface area contributed by atoms with Gasteiger partial charge >= 0.3 is 0 Å². The molecule has 1 N–H and O–H groups in total. The van der Waals surface area contributed by atoms with Crippen LogP contribution in [0.4, 0.5) is 4.39 Å². The number of rotatable bonds is 8. The number of nitrogens with one attached hydrogen (secondary N) is 1. The van der Waals surface area contributed by atoms with Gasteiger partial charge in [0.05, 0.1) is 0 Å². The molecule has 1 atom stereocenters. The Balaban J connectivity index is 2.28. The van der Waals surface area contributed by atoms with Gasteiger partial charge in [0, 0.05) is 20.0 Å². The molecule has 0 aliphatic heterocycles. The second-order valence-electron chi connectivity index (χ2n) is 7.06. The van der Waals surface area contributed by atoms with Crippen LogP contribution in [-0.4, -0.2) is 23.3 Å². The maximum Gasteiger partial charge on any atom is 0.247 e. The highest BCUT2D eigenvalue weighted by Gasteiger charge is 2.29. The van der Waals surface area contributed by atoms with Crippen LogP contribution < -0.4 is 5.32 Å². The van der Waals surface area contributed by atoms with Gasteiger partial charge in [-0.2, -0.15) is 0 Å². The summed E-state index contributed by atoms with van der Waals surface area (Å²) in [5.74, 6) is -0.283. The zero-order valence-electron chi connectivity index (χ0n) is 16.1. The maximum atomic E-state index is 13.2. The summed E-state index contributed by atoms with van der Waals surface area (Å²) >= 11 is 0. The average molecular weight is 370 g/mol. The molecule has 0 radical (unpaired) electrons. The predicted molar refractivity (Wildman–Crippen MR) is 104 cm³/mol. The van der Waals surface area contributed by atoms with Crippen molar-refractivity contribution in [3.8, 4) is 0 Å². The van der Waals surface area contributed by atoms with Crippen LogP contribution in [0, 0.1) is 11.7 Å². The van der Waals surface area contributed by atoms with Gasteiger partial charge in [-0.25, -0.2) is 4.39 Å². The van der Waals surface area contributed by atoms with Crippen LogP contribution in [-0.2, 0) is 16.1 Å². The van der Waals surface area contributed by atoms with E-state index in [0.29, 0.717) is 12.5 Å². The largest absolute Gasteiger partial charge is 0.354 e. The molecule has 2 rings (SSSR count). The summed E-state index contributed by atoms with van der Waals surface area (Å²) in [7, 11) is 0. The second-order valence-corrected chi connectivity index (χ2v) is 7.06. The van der Waals surface area contributed by atoms with E-state index in [4.69, 9.17) is 0 Å². The van der Waals surface area contributed by atoms with E-state index in [2.05, 4.69) is 19.2 Å². The zero-order chi connectivity index (χ0) is 19.8. The number of nitrogens with zero attached hydrogens (tertiary/aromatic N) is 1. The predicted octanol–water partition coefficient (Wildman–Crippen LogP) is 4.08. The van der Waals surface area contributed by atoms with Gasteiger partial charge in [0.2, 0.25) is 11.8 Å². The first-order valence-corrected chi connectivity index (χ1v) is 9.22. The highest BCUT2D eigenvalue weighted by atomic mass is 19.1. The third kappa shape index (κ3) is 6.20. The second kappa shape index (κ2) is 9.86. The molecular formula is C22H27FN2O2. The summed E-state index contributed by atoms with van der Waals surface area (Å²) in [6.45, 7) is 6.42. The molecule has 2 amide bonds. The van der Waals surface area contributed by atoms with Gasteiger partial charge in [0.1, 0.15) is 11.9 Å². The van der Waals surface area contributed by atoms with Crippen LogP contribution in [0.3, 0.4) is 0 Å². The number of hydrogen-bond donors (Lipinski definition) is 1. The minimum absolute atomic E-state index is 0.209. The van der Waals surface area contributed by atoms with Crippen LogP contribution >= 0.6 is 0 Å². The zero-order valence-corrected chi connectivity index (χ0v) is 16.1. The van der Waals surface area contributed by atoms with Gasteiger partial charge in [-0.05, 0) is 35.6 Å². The molecule has 0 saturated heterocycles. The van der Waals surface area contributed by atoms with E-state index in [1.807, 2.05) is 30.3 Å². The number of carbonyl (C=O) groups excluding carboxylic acids is 2. The Hall–Kier alpha value is -2.69. The standard InChI is InChI=1S/C22H27FN2O2/c1-16(2)13-14-24-22(27)21(19-7-5-4-6-8-19)25(17(3)26)15-18-9-11-20(23)12-10-18/h4-12,16,21H,13-15H2,1-3H3,(H,24,27)/t21-/m0/s1. The Labute approximate surface area is 160 Å². The minimum Gasteiger partial charge on any atom is -0.354 e. The van der Waals surface area contributed by atoms with Gasteiger partial charge < -0.3 is 10.2 Å². The van der Waals surface area contributed by atoms with Crippen molar-refractivity contribution in [3.05, 3.63) is 71.5 Å². The van der Waals surface area contributed by atoms with Crippen molar-refractivity contribution in [3.63, 3.8) is 0 Å². The highest BCUT2D eigenvalue weighted by molar-refractivity contribution is 5.88. The molecule has 0 aromatic heterocycles. The molecule has 0 bridgehead atoms. The van der Waals surface area contributed by atoms with E-state index in [9.17, 15) is 14.0 Å². The first-order chi connectivity index (χ1) is 12.9. The molecular weight excluding hydrogens is 343 g/mol. The number of halogens is 1. The van der Waals surface area contributed by atoms with Crippen molar-refractivity contribution < 1.29 is 14.0 Å². The van der Waals surface area contributed by atoms with Crippen molar-refractivity contribution >= 4 is 11.8 Å². The Bertz CT molecular complexity index is 745. The summed E-state index contributed by atoms with van der Waals surface area (Å²) in [5, 5.41) is 2.95. The van der Waals surface area contributed by atoms with Gasteiger partial charge in [-0.1, -0.05) is 56.3 Å². The molecule has 0 fully saturated rings. The molecule has 0 spiro atoms. The number of amides is 2. The lowest BCUT2D eigenvalue weighted by molar-refractivity contribution is -0.140. The molecule has 4 nitrogen and oxygen atoms in total. The smallest absolute Gasteiger partial charge is 0.247 e. The van der Waals surface area contributed by atoms with E-state index in [-0.39, 0.29) is 24.2 Å². The Morgan fingerprint density at radius 2 is 1.67 bits per heavy atom. The molecule has 0 heterocycles. The maximum absolute atomic E-state index is 13.2. The molecule has 0 aliphatic carbocycles. The fourth-order valence-corrected chi connectivity index (χ4v) is 2.86. The van der Waals surface area contributed by atoms with Crippen LogP contribution in [0.15, 0.2) is 54.6 Å². The monoisotopic (exact) mass is 370 g/mol. The van der Waals surface area contributed by atoms with Crippen molar-refractivity contribution in [2.24, 2.45) is 5.92 Å². The topological polar surface area (TPSA) is 49.4 Å². The number of hydrogen-bond acceptors (Lipinski definition) is 2. The molecule has 2 aromatic carbocycles. The van der Waals surface area contributed by atoms with Crippen molar-refractivity contribution in [2.45, 2.75) is 39.8 Å². The van der Waals surface area contributed by atoms with Crippen LogP contribution in [0.2, 0.25) is 0 Å². The molecule has 27 heavy (non-hydrogen) atoms. The van der Waals surface area contributed by atoms with Crippen molar-refractivity contribution in [1.82, 2.24) is 10.2 Å². The fraction of sp³-hybridized carbons (Fsp3) is 0.364. The third-order valence-corrected chi connectivity index (χ3v) is 4.37. The van der Waals surface area contributed by atoms with E-state index < -0.39 is 6.04 Å². The first-order valence-electron chi connectivity index (χ1n) is 9.22. The van der Waals surface area contributed by atoms with E-state index >= 15 is 0 Å².